The molecular formula is C9H20N2O. The van der Waals surface area contributed by atoms with Crippen molar-refractivity contribution in [2.24, 2.45) is 0 Å². The summed E-state index contributed by atoms with van der Waals surface area (Å²) in [5.74, 6) is 0. The number of rotatable bonds is 3. The maximum absolute atomic E-state index is 5.29. The molecule has 0 aromatic rings. The summed E-state index contributed by atoms with van der Waals surface area (Å²) in [7, 11) is 4.26. The van der Waals surface area contributed by atoms with Gasteiger partial charge in [0.05, 0.1) is 13.2 Å². The summed E-state index contributed by atoms with van der Waals surface area (Å²) in [5, 5.41) is 0. The SMILES string of the molecule is CC(CN1CCOCC1)N(C)C. The summed E-state index contributed by atoms with van der Waals surface area (Å²) < 4.78 is 5.29. The van der Waals surface area contributed by atoms with Crippen LogP contribution >= 0.6 is 0 Å². The van der Waals surface area contributed by atoms with Crippen molar-refractivity contribution in [3.05, 3.63) is 0 Å². The molecule has 1 fully saturated rings. The zero-order valence-electron chi connectivity index (χ0n) is 8.42. The fraction of sp³-hybridized carbons (Fsp3) is 1.00. The van der Waals surface area contributed by atoms with Crippen molar-refractivity contribution in [1.82, 2.24) is 9.80 Å². The minimum atomic E-state index is 0.642. The minimum Gasteiger partial charge on any atom is -0.379 e. The number of nitrogens with zero attached hydrogens (tertiary/aromatic N) is 2. The summed E-state index contributed by atoms with van der Waals surface area (Å²) in [6.07, 6.45) is 0. The van der Waals surface area contributed by atoms with Gasteiger partial charge in [-0.3, -0.25) is 4.90 Å². The van der Waals surface area contributed by atoms with Gasteiger partial charge in [0.25, 0.3) is 0 Å². The van der Waals surface area contributed by atoms with Crippen LogP contribution in [-0.2, 0) is 4.74 Å². The Balaban J connectivity index is 2.20. The molecule has 0 N–H and O–H groups in total. The number of hydrogen-bond acceptors (Lipinski definition) is 3. The van der Waals surface area contributed by atoms with Gasteiger partial charge in [-0.2, -0.15) is 0 Å². The lowest BCUT2D eigenvalue weighted by Crippen LogP contribution is -2.44. The van der Waals surface area contributed by atoms with Crippen molar-refractivity contribution in [1.29, 1.82) is 0 Å². The molecule has 0 bridgehead atoms. The van der Waals surface area contributed by atoms with Crippen LogP contribution in [0.4, 0.5) is 0 Å². The number of hydrogen-bond donors (Lipinski definition) is 0. The first-order valence-electron chi connectivity index (χ1n) is 4.66. The molecule has 1 saturated heterocycles. The standard InChI is InChI=1S/C9H20N2O/c1-9(10(2)3)8-11-4-6-12-7-5-11/h9H,4-8H2,1-3H3. The Kier molecular flexibility index (Phi) is 3.98. The van der Waals surface area contributed by atoms with Crippen molar-refractivity contribution in [2.45, 2.75) is 13.0 Å². The average Bonchev–Trinajstić information content (AvgIpc) is 2.06. The first-order chi connectivity index (χ1) is 5.70. The highest BCUT2D eigenvalue weighted by Crippen LogP contribution is 2.00. The van der Waals surface area contributed by atoms with E-state index >= 15 is 0 Å². The molecule has 3 nitrogen and oxygen atoms in total. The highest BCUT2D eigenvalue weighted by Gasteiger charge is 2.14. The van der Waals surface area contributed by atoms with Gasteiger partial charge in [0, 0.05) is 25.7 Å². The van der Waals surface area contributed by atoms with E-state index in [9.17, 15) is 0 Å². The van der Waals surface area contributed by atoms with E-state index in [-0.39, 0.29) is 0 Å². The van der Waals surface area contributed by atoms with E-state index in [1.165, 1.54) is 0 Å². The van der Waals surface area contributed by atoms with Crippen molar-refractivity contribution in [3.63, 3.8) is 0 Å². The lowest BCUT2D eigenvalue weighted by Gasteiger charge is -2.31. The van der Waals surface area contributed by atoms with Crippen LogP contribution in [-0.4, -0.2) is 62.8 Å². The van der Waals surface area contributed by atoms with Gasteiger partial charge in [0.2, 0.25) is 0 Å². The van der Waals surface area contributed by atoms with Crippen molar-refractivity contribution >= 4 is 0 Å². The van der Waals surface area contributed by atoms with E-state index in [1.54, 1.807) is 0 Å². The molecule has 1 atom stereocenters. The van der Waals surface area contributed by atoms with Crippen LogP contribution in [0.3, 0.4) is 0 Å². The summed E-state index contributed by atoms with van der Waals surface area (Å²) in [6.45, 7) is 7.42. The Morgan fingerprint density at radius 1 is 1.33 bits per heavy atom. The summed E-state index contributed by atoms with van der Waals surface area (Å²) in [4.78, 5) is 4.73. The van der Waals surface area contributed by atoms with Crippen LogP contribution < -0.4 is 0 Å². The monoisotopic (exact) mass is 172 g/mol. The second-order valence-corrected chi connectivity index (χ2v) is 3.73. The van der Waals surface area contributed by atoms with Crippen molar-refractivity contribution in [3.8, 4) is 0 Å². The predicted octanol–water partition coefficient (Wildman–Crippen LogP) is 0.269. The van der Waals surface area contributed by atoms with Crippen LogP contribution in [0.1, 0.15) is 6.92 Å². The van der Waals surface area contributed by atoms with E-state index in [0.29, 0.717) is 6.04 Å². The van der Waals surface area contributed by atoms with Gasteiger partial charge in [-0.05, 0) is 21.0 Å². The Bertz CT molecular complexity index is 122. The average molecular weight is 172 g/mol. The van der Waals surface area contributed by atoms with Crippen LogP contribution in [0.2, 0.25) is 0 Å². The smallest absolute Gasteiger partial charge is 0.0594 e. The van der Waals surface area contributed by atoms with Crippen LogP contribution in [0, 0.1) is 0 Å². The molecule has 1 aliphatic heterocycles. The second kappa shape index (κ2) is 4.80. The van der Waals surface area contributed by atoms with Crippen LogP contribution in [0.15, 0.2) is 0 Å². The third kappa shape index (κ3) is 3.09. The highest BCUT2D eigenvalue weighted by atomic mass is 16.5. The molecule has 0 amide bonds. The predicted molar refractivity (Wildman–Crippen MR) is 50.4 cm³/mol. The minimum absolute atomic E-state index is 0.642. The largest absolute Gasteiger partial charge is 0.379 e. The van der Waals surface area contributed by atoms with E-state index < -0.39 is 0 Å². The number of morpholine rings is 1. The van der Waals surface area contributed by atoms with Gasteiger partial charge < -0.3 is 9.64 Å². The lowest BCUT2D eigenvalue weighted by atomic mass is 10.2. The van der Waals surface area contributed by atoms with Crippen molar-refractivity contribution in [2.75, 3.05) is 46.9 Å². The lowest BCUT2D eigenvalue weighted by molar-refractivity contribution is 0.0286. The Hall–Kier alpha value is -0.120. The Morgan fingerprint density at radius 2 is 1.92 bits per heavy atom. The molecule has 0 radical (unpaired) electrons. The third-order valence-electron chi connectivity index (χ3n) is 2.51. The molecular weight excluding hydrogens is 152 g/mol. The molecule has 1 aliphatic rings. The van der Waals surface area contributed by atoms with Gasteiger partial charge in [-0.15, -0.1) is 0 Å². The van der Waals surface area contributed by atoms with E-state index in [4.69, 9.17) is 4.74 Å². The summed E-state index contributed by atoms with van der Waals surface area (Å²) >= 11 is 0. The molecule has 1 rings (SSSR count). The number of likely N-dealkylation sites (N-methyl/N-ethyl adjacent to an activating group) is 1. The molecule has 0 aliphatic carbocycles. The van der Waals surface area contributed by atoms with Gasteiger partial charge >= 0.3 is 0 Å². The topological polar surface area (TPSA) is 15.7 Å². The quantitative estimate of drug-likeness (QED) is 0.607. The molecule has 0 spiro atoms. The summed E-state index contributed by atoms with van der Waals surface area (Å²) in [5.41, 5.74) is 0. The molecule has 12 heavy (non-hydrogen) atoms. The maximum atomic E-state index is 5.29. The van der Waals surface area contributed by atoms with Gasteiger partial charge in [0.15, 0.2) is 0 Å². The van der Waals surface area contributed by atoms with Gasteiger partial charge in [-0.25, -0.2) is 0 Å². The first kappa shape index (κ1) is 9.96. The normalized spacial score (nSPS) is 23.0. The Morgan fingerprint density at radius 3 is 2.42 bits per heavy atom. The molecule has 3 heteroatoms. The van der Waals surface area contributed by atoms with E-state index in [0.717, 1.165) is 32.8 Å². The van der Waals surface area contributed by atoms with Crippen molar-refractivity contribution < 1.29 is 4.74 Å². The fourth-order valence-corrected chi connectivity index (χ4v) is 1.32. The Labute approximate surface area is 75.3 Å². The third-order valence-corrected chi connectivity index (χ3v) is 2.51. The molecule has 0 saturated carbocycles. The molecule has 1 heterocycles. The molecule has 72 valence electrons. The second-order valence-electron chi connectivity index (χ2n) is 3.73. The first-order valence-corrected chi connectivity index (χ1v) is 4.66. The maximum Gasteiger partial charge on any atom is 0.0594 e. The zero-order valence-corrected chi connectivity index (χ0v) is 8.42. The van der Waals surface area contributed by atoms with Gasteiger partial charge in [-0.1, -0.05) is 0 Å². The van der Waals surface area contributed by atoms with Crippen LogP contribution in [0.5, 0.6) is 0 Å². The highest BCUT2D eigenvalue weighted by molar-refractivity contribution is 4.69. The van der Waals surface area contributed by atoms with Gasteiger partial charge in [0.1, 0.15) is 0 Å². The van der Waals surface area contributed by atoms with Crippen LogP contribution in [0.25, 0.3) is 0 Å². The van der Waals surface area contributed by atoms with E-state index in [2.05, 4.69) is 30.8 Å². The van der Waals surface area contributed by atoms with E-state index in [1.807, 2.05) is 0 Å². The summed E-state index contributed by atoms with van der Waals surface area (Å²) in [6, 6.07) is 0.642. The molecule has 1 unspecified atom stereocenters. The number of ether oxygens (including phenoxy) is 1. The molecule has 0 aromatic carbocycles. The molecule has 0 aromatic heterocycles. The zero-order chi connectivity index (χ0) is 8.97. The fourth-order valence-electron chi connectivity index (χ4n) is 1.32.